The second kappa shape index (κ2) is 6.38. The average Bonchev–Trinajstić information content (AvgIpc) is 2.89. The van der Waals surface area contributed by atoms with Crippen molar-refractivity contribution in [2.45, 2.75) is 25.0 Å². The number of halogens is 1. The molecule has 1 heterocycles. The standard InChI is InChI=1S/C18H19ClN2OS/c1-3-12-23(2,22)18-20-16-6-4-5-7-17(16)21(18)13-14-8-10-15(19)11-9-14/h4-11H,2-3,12-13H2,1H3. The van der Waals surface area contributed by atoms with Gasteiger partial charge in [0.15, 0.2) is 5.16 Å². The SMILES string of the molecule is C=S(=O)(CCC)c1nc2ccccc2n1Cc1ccc(Cl)cc1. The molecule has 1 unspecified atom stereocenters. The summed E-state index contributed by atoms with van der Waals surface area (Å²) in [7, 11) is -2.41. The zero-order chi connectivity index (χ0) is 16.4. The Labute approximate surface area is 141 Å². The van der Waals surface area contributed by atoms with Crippen LogP contribution in [0, 0.1) is 0 Å². The maximum atomic E-state index is 13.0. The third-order valence-electron chi connectivity index (χ3n) is 3.74. The molecule has 0 radical (unpaired) electrons. The van der Waals surface area contributed by atoms with Crippen molar-refractivity contribution in [3.63, 3.8) is 0 Å². The van der Waals surface area contributed by atoms with E-state index >= 15 is 0 Å². The lowest BCUT2D eigenvalue weighted by Crippen LogP contribution is -2.14. The molecule has 0 spiro atoms. The first-order valence-corrected chi connectivity index (χ1v) is 9.83. The third-order valence-corrected chi connectivity index (χ3v) is 6.04. The number of hydrogen-bond acceptors (Lipinski definition) is 2. The second-order valence-electron chi connectivity index (χ2n) is 5.61. The molecule has 0 bridgehead atoms. The van der Waals surface area contributed by atoms with E-state index in [4.69, 9.17) is 11.6 Å². The van der Waals surface area contributed by atoms with Gasteiger partial charge in [-0.05, 0) is 42.1 Å². The van der Waals surface area contributed by atoms with Crippen molar-refractivity contribution < 1.29 is 4.21 Å². The number of rotatable bonds is 5. The molecule has 3 rings (SSSR count). The fourth-order valence-corrected chi connectivity index (χ4v) is 4.48. The van der Waals surface area contributed by atoms with Crippen molar-refractivity contribution in [2.24, 2.45) is 0 Å². The van der Waals surface area contributed by atoms with Gasteiger partial charge in [0, 0.05) is 20.3 Å². The highest BCUT2D eigenvalue weighted by molar-refractivity contribution is 8.00. The normalized spacial score (nSPS) is 14.0. The maximum Gasteiger partial charge on any atom is 0.192 e. The summed E-state index contributed by atoms with van der Waals surface area (Å²) in [6, 6.07) is 15.5. The van der Waals surface area contributed by atoms with E-state index in [-0.39, 0.29) is 0 Å². The maximum absolute atomic E-state index is 13.0. The Morgan fingerprint density at radius 3 is 2.57 bits per heavy atom. The van der Waals surface area contributed by atoms with Crippen molar-refractivity contribution >= 4 is 38.0 Å². The Bertz CT molecular complexity index is 927. The van der Waals surface area contributed by atoms with Crippen LogP contribution in [0.4, 0.5) is 0 Å². The molecule has 0 fully saturated rings. The van der Waals surface area contributed by atoms with Crippen LogP contribution in [-0.2, 0) is 16.1 Å². The first-order chi connectivity index (χ1) is 11.0. The number of nitrogens with zero attached hydrogens (tertiary/aromatic N) is 2. The molecule has 0 saturated heterocycles. The number of para-hydroxylation sites is 2. The number of fused-ring (bicyclic) bond motifs is 1. The van der Waals surface area contributed by atoms with E-state index in [2.05, 4.69) is 10.9 Å². The van der Waals surface area contributed by atoms with Gasteiger partial charge < -0.3 is 4.57 Å². The minimum absolute atomic E-state index is 0.539. The smallest absolute Gasteiger partial charge is 0.192 e. The largest absolute Gasteiger partial charge is 0.313 e. The molecular formula is C18H19ClN2OS. The number of benzene rings is 2. The highest BCUT2D eigenvalue weighted by Crippen LogP contribution is 2.23. The fraction of sp³-hybridized carbons (Fsp3) is 0.222. The monoisotopic (exact) mass is 346 g/mol. The molecule has 0 aliphatic rings. The van der Waals surface area contributed by atoms with E-state index in [0.717, 1.165) is 23.0 Å². The Balaban J connectivity index is 2.15. The van der Waals surface area contributed by atoms with Gasteiger partial charge in [-0.2, -0.15) is 0 Å². The van der Waals surface area contributed by atoms with Crippen LogP contribution < -0.4 is 0 Å². The zero-order valence-electron chi connectivity index (χ0n) is 13.0. The molecule has 120 valence electrons. The number of hydrogen-bond donors (Lipinski definition) is 0. The van der Waals surface area contributed by atoms with E-state index in [1.54, 1.807) is 0 Å². The predicted molar refractivity (Wildman–Crippen MR) is 99.0 cm³/mol. The molecule has 5 heteroatoms. The molecule has 3 aromatic rings. The fourth-order valence-electron chi connectivity index (χ4n) is 2.68. The Morgan fingerprint density at radius 2 is 1.87 bits per heavy atom. The van der Waals surface area contributed by atoms with Gasteiger partial charge in [-0.1, -0.05) is 42.8 Å². The van der Waals surface area contributed by atoms with Crippen LogP contribution >= 0.6 is 11.6 Å². The zero-order valence-corrected chi connectivity index (χ0v) is 14.6. The van der Waals surface area contributed by atoms with Gasteiger partial charge in [-0.3, -0.25) is 4.21 Å². The van der Waals surface area contributed by atoms with Crippen LogP contribution in [0.15, 0.2) is 53.7 Å². The summed E-state index contributed by atoms with van der Waals surface area (Å²) in [6.45, 7) is 2.61. The van der Waals surface area contributed by atoms with E-state index in [1.165, 1.54) is 0 Å². The molecule has 0 N–H and O–H groups in total. The van der Waals surface area contributed by atoms with Gasteiger partial charge in [0.2, 0.25) is 0 Å². The minimum atomic E-state index is -2.41. The summed E-state index contributed by atoms with van der Waals surface area (Å²) in [6.07, 6.45) is 0.812. The lowest BCUT2D eigenvalue weighted by molar-refractivity contribution is 0.653. The first-order valence-electron chi connectivity index (χ1n) is 7.56. The van der Waals surface area contributed by atoms with E-state index in [1.807, 2.05) is 60.0 Å². The van der Waals surface area contributed by atoms with Crippen molar-refractivity contribution in [3.8, 4) is 0 Å². The van der Waals surface area contributed by atoms with Crippen molar-refractivity contribution in [3.05, 3.63) is 59.1 Å². The molecule has 0 amide bonds. The van der Waals surface area contributed by atoms with Crippen molar-refractivity contribution in [1.82, 2.24) is 9.55 Å². The summed E-state index contributed by atoms with van der Waals surface area (Å²) in [4.78, 5) is 4.62. The summed E-state index contributed by atoms with van der Waals surface area (Å²) >= 11 is 5.96. The Kier molecular flexibility index (Phi) is 4.46. The molecule has 0 aliphatic heterocycles. The molecular weight excluding hydrogens is 328 g/mol. The van der Waals surface area contributed by atoms with E-state index in [0.29, 0.717) is 22.5 Å². The predicted octanol–water partition coefficient (Wildman–Crippen LogP) is 4.22. The lowest BCUT2D eigenvalue weighted by atomic mass is 10.2. The van der Waals surface area contributed by atoms with Crippen molar-refractivity contribution in [1.29, 1.82) is 0 Å². The number of aromatic nitrogens is 2. The molecule has 1 aromatic heterocycles. The average molecular weight is 347 g/mol. The molecule has 2 aromatic carbocycles. The molecule has 1 atom stereocenters. The highest BCUT2D eigenvalue weighted by Gasteiger charge is 2.18. The summed E-state index contributed by atoms with van der Waals surface area (Å²) in [5.74, 6) is 4.50. The van der Waals surface area contributed by atoms with Crippen molar-refractivity contribution in [2.75, 3.05) is 5.75 Å². The third kappa shape index (κ3) is 3.28. The Hall–Kier alpha value is -1.78. The highest BCUT2D eigenvalue weighted by atomic mass is 35.5. The van der Waals surface area contributed by atoms with Crippen LogP contribution in [0.5, 0.6) is 0 Å². The van der Waals surface area contributed by atoms with Gasteiger partial charge in [0.25, 0.3) is 0 Å². The van der Waals surface area contributed by atoms with Gasteiger partial charge >= 0.3 is 0 Å². The van der Waals surface area contributed by atoms with Crippen LogP contribution in [0.2, 0.25) is 5.02 Å². The second-order valence-corrected chi connectivity index (χ2v) is 8.45. The van der Waals surface area contributed by atoms with E-state index in [9.17, 15) is 4.21 Å². The van der Waals surface area contributed by atoms with Crippen LogP contribution in [0.3, 0.4) is 0 Å². The van der Waals surface area contributed by atoms with Gasteiger partial charge in [0.1, 0.15) is 0 Å². The van der Waals surface area contributed by atoms with Gasteiger partial charge in [-0.15, -0.1) is 0 Å². The van der Waals surface area contributed by atoms with Crippen LogP contribution in [0.25, 0.3) is 11.0 Å². The molecule has 3 nitrogen and oxygen atoms in total. The molecule has 0 aliphatic carbocycles. The quantitative estimate of drug-likeness (QED) is 0.648. The lowest BCUT2D eigenvalue weighted by Gasteiger charge is -2.12. The van der Waals surface area contributed by atoms with Crippen LogP contribution in [-0.4, -0.2) is 25.4 Å². The molecule has 0 saturated carbocycles. The van der Waals surface area contributed by atoms with Crippen LogP contribution in [0.1, 0.15) is 18.9 Å². The molecule has 23 heavy (non-hydrogen) atoms. The summed E-state index contributed by atoms with van der Waals surface area (Å²) in [5, 5.41) is 1.28. The van der Waals surface area contributed by atoms with Gasteiger partial charge in [0.05, 0.1) is 17.6 Å². The number of imidazole rings is 1. The topological polar surface area (TPSA) is 34.9 Å². The van der Waals surface area contributed by atoms with E-state index < -0.39 is 9.52 Å². The summed E-state index contributed by atoms with van der Waals surface area (Å²) in [5.41, 5.74) is 2.92. The minimum Gasteiger partial charge on any atom is -0.313 e. The Morgan fingerprint density at radius 1 is 1.17 bits per heavy atom. The van der Waals surface area contributed by atoms with Gasteiger partial charge in [-0.25, -0.2) is 4.98 Å². The first kappa shape index (κ1) is 16.1. The summed E-state index contributed by atoms with van der Waals surface area (Å²) < 4.78 is 15.0.